The molecule has 0 aliphatic carbocycles. The zero-order chi connectivity index (χ0) is 13.4. The van der Waals surface area contributed by atoms with Crippen LogP contribution in [0.2, 0.25) is 10.2 Å². The second kappa shape index (κ2) is 4.83. The first-order valence-electron chi connectivity index (χ1n) is 5.88. The Bertz CT molecular complexity index is 752. The van der Waals surface area contributed by atoms with Crippen molar-refractivity contribution in [2.75, 3.05) is 0 Å². The number of furan rings is 1. The van der Waals surface area contributed by atoms with Crippen LogP contribution in [0.15, 0.2) is 35.0 Å². The van der Waals surface area contributed by atoms with Crippen LogP contribution in [-0.4, -0.2) is 9.97 Å². The highest BCUT2D eigenvalue weighted by atomic mass is 35.5. The van der Waals surface area contributed by atoms with E-state index in [1.165, 1.54) is 6.33 Å². The Balaban J connectivity index is 2.22. The third-order valence-electron chi connectivity index (χ3n) is 2.96. The van der Waals surface area contributed by atoms with E-state index in [-0.39, 0.29) is 0 Å². The Morgan fingerprint density at radius 3 is 2.79 bits per heavy atom. The van der Waals surface area contributed by atoms with Crippen LogP contribution < -0.4 is 0 Å². The first-order valence-corrected chi connectivity index (χ1v) is 6.63. The summed E-state index contributed by atoms with van der Waals surface area (Å²) >= 11 is 12.1. The highest BCUT2D eigenvalue weighted by molar-refractivity contribution is 6.31. The second-order valence-corrected chi connectivity index (χ2v) is 4.93. The molecule has 0 saturated heterocycles. The summed E-state index contributed by atoms with van der Waals surface area (Å²) in [6.45, 7) is 2.01. The molecule has 0 radical (unpaired) electrons. The zero-order valence-corrected chi connectivity index (χ0v) is 11.7. The minimum atomic E-state index is 0.464. The monoisotopic (exact) mass is 292 g/mol. The van der Waals surface area contributed by atoms with Crippen molar-refractivity contribution in [1.82, 2.24) is 9.97 Å². The maximum atomic E-state index is 6.09. The summed E-state index contributed by atoms with van der Waals surface area (Å²) in [5.74, 6) is 0.679. The van der Waals surface area contributed by atoms with Gasteiger partial charge in [-0.1, -0.05) is 30.1 Å². The van der Waals surface area contributed by atoms with Crippen LogP contribution in [0, 0.1) is 0 Å². The third-order valence-corrected chi connectivity index (χ3v) is 3.52. The minimum absolute atomic E-state index is 0.464. The van der Waals surface area contributed by atoms with Gasteiger partial charge in [0.15, 0.2) is 5.76 Å². The van der Waals surface area contributed by atoms with E-state index in [2.05, 4.69) is 9.97 Å². The van der Waals surface area contributed by atoms with E-state index in [1.807, 2.05) is 25.1 Å². The molecule has 0 spiro atoms. The van der Waals surface area contributed by atoms with E-state index in [0.717, 1.165) is 28.6 Å². The number of hydrogen-bond donors (Lipinski definition) is 0. The summed E-state index contributed by atoms with van der Waals surface area (Å²) in [7, 11) is 0. The highest BCUT2D eigenvalue weighted by Gasteiger charge is 2.14. The normalized spacial score (nSPS) is 11.1. The topological polar surface area (TPSA) is 38.9 Å². The van der Waals surface area contributed by atoms with E-state index < -0.39 is 0 Å². The van der Waals surface area contributed by atoms with E-state index in [4.69, 9.17) is 27.6 Å². The molecule has 2 aromatic heterocycles. The smallest absolute Gasteiger partial charge is 0.154 e. The lowest BCUT2D eigenvalue weighted by Crippen LogP contribution is -1.94. The molecule has 0 aliphatic rings. The number of halogens is 2. The predicted octanol–water partition coefficient (Wildman–Crippen LogP) is 4.76. The second-order valence-electron chi connectivity index (χ2n) is 4.14. The molecule has 3 rings (SSSR count). The van der Waals surface area contributed by atoms with E-state index in [1.54, 1.807) is 6.07 Å². The molecule has 5 heteroatoms. The van der Waals surface area contributed by atoms with Crippen LogP contribution >= 0.6 is 23.2 Å². The standard InChI is InChI=1S/C14H10Cl2N2O/c1-2-10-13(17-7-18-14(10)16)12-6-8-5-9(15)3-4-11(8)19-12/h3-7H,2H2,1H3. The molecule has 0 N–H and O–H groups in total. The summed E-state index contributed by atoms with van der Waals surface area (Å²) in [5, 5.41) is 2.08. The van der Waals surface area contributed by atoms with Gasteiger partial charge in [0, 0.05) is 16.0 Å². The number of nitrogens with zero attached hydrogens (tertiary/aromatic N) is 2. The van der Waals surface area contributed by atoms with Gasteiger partial charge in [0.1, 0.15) is 22.8 Å². The van der Waals surface area contributed by atoms with Crippen molar-refractivity contribution in [2.24, 2.45) is 0 Å². The van der Waals surface area contributed by atoms with Crippen LogP contribution in [0.3, 0.4) is 0 Å². The molecule has 0 atom stereocenters. The average Bonchev–Trinajstić information content (AvgIpc) is 2.81. The van der Waals surface area contributed by atoms with Gasteiger partial charge in [-0.15, -0.1) is 0 Å². The Morgan fingerprint density at radius 1 is 1.16 bits per heavy atom. The highest BCUT2D eigenvalue weighted by Crippen LogP contribution is 2.32. The van der Waals surface area contributed by atoms with E-state index in [0.29, 0.717) is 15.9 Å². The van der Waals surface area contributed by atoms with Crippen LogP contribution in [0.25, 0.3) is 22.4 Å². The molecule has 1 aromatic carbocycles. The number of rotatable bonds is 2. The van der Waals surface area contributed by atoms with Crippen LogP contribution in [0.5, 0.6) is 0 Å². The molecule has 0 amide bonds. The molecular formula is C14H10Cl2N2O. The summed E-state index contributed by atoms with van der Waals surface area (Å²) in [4.78, 5) is 8.27. The molecule has 2 heterocycles. The Kier molecular flexibility index (Phi) is 3.17. The molecule has 0 bridgehead atoms. The first-order chi connectivity index (χ1) is 9.19. The van der Waals surface area contributed by atoms with Crippen molar-refractivity contribution in [3.8, 4) is 11.5 Å². The van der Waals surface area contributed by atoms with Crippen LogP contribution in [0.4, 0.5) is 0 Å². The number of hydrogen-bond acceptors (Lipinski definition) is 3. The van der Waals surface area contributed by atoms with Gasteiger partial charge >= 0.3 is 0 Å². The van der Waals surface area contributed by atoms with Gasteiger partial charge in [-0.2, -0.15) is 0 Å². The average molecular weight is 293 g/mol. The van der Waals surface area contributed by atoms with Crippen LogP contribution in [0.1, 0.15) is 12.5 Å². The number of aromatic nitrogens is 2. The molecule has 19 heavy (non-hydrogen) atoms. The molecule has 3 aromatic rings. The van der Waals surface area contributed by atoms with Gasteiger partial charge in [0.2, 0.25) is 0 Å². The molecule has 0 unspecified atom stereocenters. The molecule has 3 nitrogen and oxygen atoms in total. The lowest BCUT2D eigenvalue weighted by atomic mass is 10.1. The van der Waals surface area contributed by atoms with Crippen molar-refractivity contribution in [3.05, 3.63) is 46.3 Å². The third kappa shape index (κ3) is 2.20. The fraction of sp³-hybridized carbons (Fsp3) is 0.143. The van der Waals surface area contributed by atoms with Gasteiger partial charge in [-0.3, -0.25) is 0 Å². The van der Waals surface area contributed by atoms with Crippen molar-refractivity contribution in [3.63, 3.8) is 0 Å². The minimum Gasteiger partial charge on any atom is -0.454 e. The summed E-state index contributed by atoms with van der Waals surface area (Å²) in [5.41, 5.74) is 2.39. The van der Waals surface area contributed by atoms with Gasteiger partial charge < -0.3 is 4.42 Å². The molecular weight excluding hydrogens is 283 g/mol. The SMILES string of the molecule is CCc1c(Cl)ncnc1-c1cc2cc(Cl)ccc2o1. The molecule has 0 saturated carbocycles. The predicted molar refractivity (Wildman–Crippen MR) is 76.6 cm³/mol. The van der Waals surface area contributed by atoms with Crippen molar-refractivity contribution < 1.29 is 4.42 Å². The van der Waals surface area contributed by atoms with Gasteiger partial charge in [-0.05, 0) is 30.7 Å². The maximum absolute atomic E-state index is 6.09. The molecule has 0 fully saturated rings. The Labute approximate surface area is 120 Å². The van der Waals surface area contributed by atoms with Gasteiger partial charge in [0.25, 0.3) is 0 Å². The summed E-state index contributed by atoms with van der Waals surface area (Å²) in [6, 6.07) is 7.41. The quantitative estimate of drug-likeness (QED) is 0.639. The van der Waals surface area contributed by atoms with Crippen molar-refractivity contribution in [2.45, 2.75) is 13.3 Å². The van der Waals surface area contributed by atoms with Gasteiger partial charge in [0.05, 0.1) is 0 Å². The van der Waals surface area contributed by atoms with E-state index in [9.17, 15) is 0 Å². The lowest BCUT2D eigenvalue weighted by Gasteiger charge is -2.04. The van der Waals surface area contributed by atoms with Crippen LogP contribution in [-0.2, 0) is 6.42 Å². The fourth-order valence-electron chi connectivity index (χ4n) is 2.05. The summed E-state index contributed by atoms with van der Waals surface area (Å²) in [6.07, 6.45) is 2.18. The molecule has 0 aliphatic heterocycles. The lowest BCUT2D eigenvalue weighted by molar-refractivity contribution is 0.627. The Hall–Kier alpha value is -1.58. The zero-order valence-electron chi connectivity index (χ0n) is 10.2. The Morgan fingerprint density at radius 2 is 2.00 bits per heavy atom. The number of benzene rings is 1. The van der Waals surface area contributed by atoms with E-state index >= 15 is 0 Å². The fourth-order valence-corrected chi connectivity index (χ4v) is 2.49. The maximum Gasteiger partial charge on any atom is 0.154 e. The summed E-state index contributed by atoms with van der Waals surface area (Å²) < 4.78 is 5.80. The van der Waals surface area contributed by atoms with Crippen molar-refractivity contribution >= 4 is 34.2 Å². The first kappa shape index (κ1) is 12.5. The largest absolute Gasteiger partial charge is 0.454 e. The number of fused-ring (bicyclic) bond motifs is 1. The van der Waals surface area contributed by atoms with Crippen molar-refractivity contribution in [1.29, 1.82) is 0 Å². The van der Waals surface area contributed by atoms with Gasteiger partial charge in [-0.25, -0.2) is 9.97 Å². The molecule has 96 valence electrons.